The van der Waals surface area contributed by atoms with E-state index in [1.165, 1.54) is 0 Å². The molecule has 1 N–H and O–H groups in total. The molecule has 4 aromatic rings. The van der Waals surface area contributed by atoms with Crippen molar-refractivity contribution < 1.29 is 14.3 Å². The van der Waals surface area contributed by atoms with Crippen LogP contribution in [-0.4, -0.2) is 34.8 Å². The molecule has 3 aromatic carbocycles. The fourth-order valence-electron chi connectivity index (χ4n) is 4.16. The Morgan fingerprint density at radius 3 is 2.03 bits per heavy atom. The summed E-state index contributed by atoms with van der Waals surface area (Å²) in [4.78, 5) is 33.2. The lowest BCUT2D eigenvalue weighted by atomic mass is 10.0. The Morgan fingerprint density at radius 2 is 1.41 bits per heavy atom. The van der Waals surface area contributed by atoms with Crippen LogP contribution in [0.25, 0.3) is 0 Å². The fraction of sp³-hybridized carbons (Fsp3) is 0.194. The quantitative estimate of drug-likeness (QED) is 0.332. The number of nitrogens with one attached hydrogen (secondary N) is 1. The summed E-state index contributed by atoms with van der Waals surface area (Å²) in [5, 5.41) is 3.04. The molecule has 0 aliphatic rings. The molecule has 37 heavy (non-hydrogen) atoms. The van der Waals surface area contributed by atoms with Crippen molar-refractivity contribution in [2.75, 3.05) is 7.11 Å². The van der Waals surface area contributed by atoms with Crippen LogP contribution < -0.4 is 10.1 Å². The maximum Gasteiger partial charge on any atom is 0.243 e. The second kappa shape index (κ2) is 13.0. The van der Waals surface area contributed by atoms with E-state index in [-0.39, 0.29) is 18.2 Å². The first kappa shape index (κ1) is 25.6. The molecule has 0 saturated heterocycles. The Hall–Kier alpha value is -4.45. The molecule has 0 saturated carbocycles. The summed E-state index contributed by atoms with van der Waals surface area (Å²) in [6.45, 7) is 0.658. The van der Waals surface area contributed by atoms with E-state index in [4.69, 9.17) is 4.74 Å². The third kappa shape index (κ3) is 7.51. The van der Waals surface area contributed by atoms with Gasteiger partial charge in [0, 0.05) is 31.9 Å². The summed E-state index contributed by atoms with van der Waals surface area (Å²) in [5.74, 6) is 0.430. The molecule has 0 fully saturated rings. The number of pyridine rings is 1. The summed E-state index contributed by atoms with van der Waals surface area (Å²) in [6.07, 6.45) is 4.00. The smallest absolute Gasteiger partial charge is 0.243 e. The largest absolute Gasteiger partial charge is 0.497 e. The van der Waals surface area contributed by atoms with Crippen LogP contribution in [0.3, 0.4) is 0 Å². The van der Waals surface area contributed by atoms with Gasteiger partial charge in [-0.2, -0.15) is 0 Å². The van der Waals surface area contributed by atoms with Gasteiger partial charge in [-0.3, -0.25) is 14.6 Å². The van der Waals surface area contributed by atoms with Crippen molar-refractivity contribution in [3.8, 4) is 5.75 Å². The average molecular weight is 494 g/mol. The Kier molecular flexibility index (Phi) is 9.02. The highest BCUT2D eigenvalue weighted by Gasteiger charge is 2.30. The van der Waals surface area contributed by atoms with E-state index in [1.54, 1.807) is 24.4 Å². The zero-order valence-corrected chi connectivity index (χ0v) is 20.9. The molecule has 2 amide bonds. The lowest BCUT2D eigenvalue weighted by molar-refractivity contribution is -0.140. The van der Waals surface area contributed by atoms with Gasteiger partial charge in [0.1, 0.15) is 11.8 Å². The van der Waals surface area contributed by atoms with Gasteiger partial charge in [-0.05, 0) is 46.5 Å². The van der Waals surface area contributed by atoms with E-state index in [9.17, 15) is 9.59 Å². The van der Waals surface area contributed by atoms with E-state index >= 15 is 0 Å². The normalized spacial score (nSPS) is 11.4. The maximum absolute atomic E-state index is 13.8. The Bertz CT molecular complexity index is 1260. The topological polar surface area (TPSA) is 71.5 Å². The van der Waals surface area contributed by atoms with Crippen LogP contribution in [0.1, 0.15) is 22.3 Å². The van der Waals surface area contributed by atoms with E-state index in [0.29, 0.717) is 19.5 Å². The van der Waals surface area contributed by atoms with Crippen LogP contribution in [0.15, 0.2) is 109 Å². The summed E-state index contributed by atoms with van der Waals surface area (Å²) in [7, 11) is 1.62. The zero-order chi connectivity index (χ0) is 25.9. The summed E-state index contributed by atoms with van der Waals surface area (Å²) >= 11 is 0. The molecule has 0 spiro atoms. The first-order chi connectivity index (χ1) is 18.1. The van der Waals surface area contributed by atoms with E-state index in [0.717, 1.165) is 28.0 Å². The second-order valence-corrected chi connectivity index (χ2v) is 8.81. The molecule has 0 aliphatic heterocycles. The van der Waals surface area contributed by atoms with Crippen molar-refractivity contribution in [1.29, 1.82) is 0 Å². The minimum absolute atomic E-state index is 0.109. The summed E-state index contributed by atoms with van der Waals surface area (Å²) in [6, 6.07) is 30.0. The first-order valence-corrected chi connectivity index (χ1v) is 12.3. The third-order valence-corrected chi connectivity index (χ3v) is 6.20. The second-order valence-electron chi connectivity index (χ2n) is 8.81. The van der Waals surface area contributed by atoms with Gasteiger partial charge in [0.2, 0.25) is 11.8 Å². The van der Waals surface area contributed by atoms with Gasteiger partial charge < -0.3 is 15.0 Å². The number of benzene rings is 3. The van der Waals surface area contributed by atoms with Gasteiger partial charge in [0.25, 0.3) is 0 Å². The van der Waals surface area contributed by atoms with Gasteiger partial charge in [0.05, 0.1) is 13.5 Å². The van der Waals surface area contributed by atoms with Crippen LogP contribution in [0.4, 0.5) is 0 Å². The summed E-state index contributed by atoms with van der Waals surface area (Å²) in [5.41, 5.74) is 3.75. The van der Waals surface area contributed by atoms with Crippen LogP contribution in [-0.2, 0) is 35.5 Å². The number of amides is 2. The van der Waals surface area contributed by atoms with Gasteiger partial charge in [-0.25, -0.2) is 0 Å². The predicted molar refractivity (Wildman–Crippen MR) is 144 cm³/mol. The highest BCUT2D eigenvalue weighted by atomic mass is 16.5. The number of methoxy groups -OCH3 is 1. The zero-order valence-electron chi connectivity index (χ0n) is 20.9. The van der Waals surface area contributed by atoms with Crippen molar-refractivity contribution in [1.82, 2.24) is 15.2 Å². The fourth-order valence-corrected chi connectivity index (χ4v) is 4.16. The molecule has 6 nitrogen and oxygen atoms in total. The monoisotopic (exact) mass is 493 g/mol. The van der Waals surface area contributed by atoms with E-state index in [1.807, 2.05) is 97.1 Å². The minimum atomic E-state index is -0.692. The van der Waals surface area contributed by atoms with Gasteiger partial charge in [-0.15, -0.1) is 0 Å². The van der Waals surface area contributed by atoms with Crippen molar-refractivity contribution in [3.05, 3.63) is 132 Å². The molecule has 6 heteroatoms. The Labute approximate surface area is 217 Å². The number of carbonyl (C=O) groups excluding carboxylic acids is 2. The average Bonchev–Trinajstić information content (AvgIpc) is 2.95. The number of aromatic nitrogens is 1. The van der Waals surface area contributed by atoms with Crippen molar-refractivity contribution >= 4 is 11.8 Å². The summed E-state index contributed by atoms with van der Waals surface area (Å²) < 4.78 is 5.29. The van der Waals surface area contributed by atoms with E-state index in [2.05, 4.69) is 10.3 Å². The molecule has 4 rings (SSSR count). The molecule has 0 bridgehead atoms. The van der Waals surface area contributed by atoms with E-state index < -0.39 is 6.04 Å². The Morgan fingerprint density at radius 1 is 0.784 bits per heavy atom. The number of rotatable bonds is 11. The number of hydrogen-bond donors (Lipinski definition) is 1. The molecule has 1 atom stereocenters. The Balaban J connectivity index is 1.64. The van der Waals surface area contributed by atoms with Crippen LogP contribution >= 0.6 is 0 Å². The molecule has 1 heterocycles. The number of hydrogen-bond acceptors (Lipinski definition) is 4. The van der Waals surface area contributed by atoms with Crippen LogP contribution in [0.5, 0.6) is 5.75 Å². The van der Waals surface area contributed by atoms with Gasteiger partial charge in [0.15, 0.2) is 0 Å². The molecular weight excluding hydrogens is 462 g/mol. The molecule has 0 aliphatic carbocycles. The lowest BCUT2D eigenvalue weighted by Crippen LogP contribution is -2.50. The molecule has 0 radical (unpaired) electrons. The molecular formula is C31H31N3O3. The van der Waals surface area contributed by atoms with Crippen molar-refractivity contribution in [2.24, 2.45) is 0 Å². The highest BCUT2D eigenvalue weighted by molar-refractivity contribution is 5.88. The lowest BCUT2D eigenvalue weighted by Gasteiger charge is -2.32. The highest BCUT2D eigenvalue weighted by Crippen LogP contribution is 2.19. The standard InChI is InChI=1S/C31H31N3O3/c1-37-28-14-12-27(13-15-28)23-34(30(35)21-25-10-6-3-7-11-25)29(20-24-8-4-2-5-9-24)31(36)33-22-26-16-18-32-19-17-26/h2-19,29H,20-23H2,1H3,(H,33,36)/t29-/m1/s1. The van der Waals surface area contributed by atoms with Crippen molar-refractivity contribution in [3.63, 3.8) is 0 Å². The van der Waals surface area contributed by atoms with Gasteiger partial charge in [-0.1, -0.05) is 72.8 Å². The first-order valence-electron chi connectivity index (χ1n) is 12.3. The van der Waals surface area contributed by atoms with Crippen LogP contribution in [0.2, 0.25) is 0 Å². The predicted octanol–water partition coefficient (Wildman–Crippen LogP) is 4.59. The van der Waals surface area contributed by atoms with Gasteiger partial charge >= 0.3 is 0 Å². The number of ether oxygens (including phenoxy) is 1. The minimum Gasteiger partial charge on any atom is -0.497 e. The van der Waals surface area contributed by atoms with Crippen molar-refractivity contribution in [2.45, 2.75) is 32.0 Å². The third-order valence-electron chi connectivity index (χ3n) is 6.20. The number of carbonyl (C=O) groups is 2. The SMILES string of the molecule is COc1ccc(CN(C(=O)Cc2ccccc2)[C@H](Cc2ccccc2)C(=O)NCc2ccncc2)cc1. The molecule has 188 valence electrons. The maximum atomic E-state index is 13.8. The van der Waals surface area contributed by atoms with Crippen LogP contribution in [0, 0.1) is 0 Å². The number of nitrogens with zero attached hydrogens (tertiary/aromatic N) is 2. The molecule has 1 aromatic heterocycles. The molecule has 0 unspecified atom stereocenters.